The molecule has 1 aromatic heterocycles. The van der Waals surface area contributed by atoms with Gasteiger partial charge in [0.25, 0.3) is 0 Å². The van der Waals surface area contributed by atoms with Gasteiger partial charge in [-0.15, -0.1) is 11.3 Å². The van der Waals surface area contributed by atoms with E-state index in [1.54, 1.807) is 23.9 Å². The zero-order chi connectivity index (χ0) is 19.2. The van der Waals surface area contributed by atoms with E-state index in [0.29, 0.717) is 6.61 Å². The highest BCUT2D eigenvalue weighted by molar-refractivity contribution is 7.09. The molecule has 2 aliphatic rings. The van der Waals surface area contributed by atoms with Gasteiger partial charge in [0.1, 0.15) is 24.0 Å². The van der Waals surface area contributed by atoms with E-state index in [-0.39, 0.29) is 0 Å². The number of benzene rings is 1. The van der Waals surface area contributed by atoms with Crippen LogP contribution in [0.4, 0.5) is 0 Å². The summed E-state index contributed by atoms with van der Waals surface area (Å²) in [6, 6.07) is 10.4. The van der Waals surface area contributed by atoms with E-state index in [9.17, 15) is 0 Å². The second-order valence-corrected chi connectivity index (χ2v) is 7.82. The number of thiophene rings is 1. The van der Waals surface area contributed by atoms with Gasteiger partial charge in [-0.25, -0.2) is 0 Å². The average Bonchev–Trinajstić information content (AvgIpc) is 3.24. The first-order valence-electron chi connectivity index (χ1n) is 9.67. The van der Waals surface area contributed by atoms with Crippen LogP contribution in [0.1, 0.15) is 42.2 Å². The summed E-state index contributed by atoms with van der Waals surface area (Å²) in [7, 11) is 0. The maximum absolute atomic E-state index is 6.16. The third kappa shape index (κ3) is 4.57. The largest absolute Gasteiger partial charge is 0.494 e. The minimum atomic E-state index is 0.648. The normalized spacial score (nSPS) is 15.8. The number of hydrogen-bond donors (Lipinski definition) is 0. The van der Waals surface area contributed by atoms with Crippen molar-refractivity contribution in [2.45, 2.75) is 32.6 Å². The number of hydrogen-bond acceptors (Lipinski definition) is 4. The molecule has 1 aliphatic heterocycles. The molecule has 0 amide bonds. The van der Waals surface area contributed by atoms with Crippen molar-refractivity contribution in [1.29, 1.82) is 0 Å². The Labute approximate surface area is 170 Å². The topological polar surface area (TPSA) is 27.7 Å². The van der Waals surface area contributed by atoms with Crippen molar-refractivity contribution < 1.29 is 14.2 Å². The van der Waals surface area contributed by atoms with Crippen molar-refractivity contribution in [3.05, 3.63) is 93.8 Å². The van der Waals surface area contributed by atoms with Gasteiger partial charge in [-0.1, -0.05) is 29.9 Å². The lowest BCUT2D eigenvalue weighted by Gasteiger charge is -2.19. The molecule has 0 fully saturated rings. The summed E-state index contributed by atoms with van der Waals surface area (Å²) in [5, 5.41) is 2.10. The summed E-state index contributed by atoms with van der Waals surface area (Å²) >= 11 is 1.76. The third-order valence-electron chi connectivity index (χ3n) is 4.71. The van der Waals surface area contributed by atoms with Crippen LogP contribution < -0.4 is 4.74 Å². The third-order valence-corrected chi connectivity index (χ3v) is 5.58. The van der Waals surface area contributed by atoms with Gasteiger partial charge in [0.2, 0.25) is 0 Å². The second kappa shape index (κ2) is 8.98. The molecule has 4 heteroatoms. The Morgan fingerprint density at radius 3 is 2.89 bits per heavy atom. The zero-order valence-corrected chi connectivity index (χ0v) is 16.8. The van der Waals surface area contributed by atoms with Crippen LogP contribution in [-0.2, 0) is 15.9 Å². The smallest absolute Gasteiger partial charge is 0.169 e. The Balaban J connectivity index is 1.52. The lowest BCUT2D eigenvalue weighted by Crippen LogP contribution is -2.03. The molecule has 4 rings (SSSR count). The van der Waals surface area contributed by atoms with E-state index in [1.807, 2.05) is 19.1 Å². The molecule has 28 heavy (non-hydrogen) atoms. The Morgan fingerprint density at radius 2 is 2.11 bits per heavy atom. The molecule has 2 heterocycles. The first kappa shape index (κ1) is 18.6. The summed E-state index contributed by atoms with van der Waals surface area (Å²) in [4.78, 5) is 1.31. The van der Waals surface area contributed by atoms with Gasteiger partial charge in [0, 0.05) is 28.8 Å². The Kier molecular flexibility index (Phi) is 5.98. The summed E-state index contributed by atoms with van der Waals surface area (Å²) < 4.78 is 17.6. The second-order valence-electron chi connectivity index (χ2n) is 6.78. The summed E-state index contributed by atoms with van der Waals surface area (Å²) in [6.07, 6.45) is 13.6. The highest BCUT2D eigenvalue weighted by atomic mass is 32.1. The molecule has 0 saturated heterocycles. The van der Waals surface area contributed by atoms with E-state index in [0.717, 1.165) is 54.1 Å². The Morgan fingerprint density at radius 1 is 1.14 bits per heavy atom. The van der Waals surface area contributed by atoms with Gasteiger partial charge in [0.05, 0.1) is 6.61 Å². The maximum atomic E-state index is 6.16. The fourth-order valence-corrected chi connectivity index (χ4v) is 4.09. The lowest BCUT2D eigenvalue weighted by atomic mass is 10.0. The van der Waals surface area contributed by atoms with Crippen LogP contribution in [-0.4, -0.2) is 6.61 Å². The van der Waals surface area contributed by atoms with Crippen molar-refractivity contribution >= 4 is 17.1 Å². The van der Waals surface area contributed by atoms with Crippen LogP contribution in [0, 0.1) is 0 Å². The van der Waals surface area contributed by atoms with E-state index >= 15 is 0 Å². The molecule has 0 saturated carbocycles. The first-order valence-corrected chi connectivity index (χ1v) is 10.6. The van der Waals surface area contributed by atoms with Gasteiger partial charge in [-0.05, 0) is 49.4 Å². The first-order chi connectivity index (χ1) is 13.8. The highest BCUT2D eigenvalue weighted by Crippen LogP contribution is 2.32. The Hall–Kier alpha value is -2.72. The predicted molar refractivity (Wildman–Crippen MR) is 114 cm³/mol. The fraction of sp³-hybridized carbons (Fsp3) is 0.250. The van der Waals surface area contributed by atoms with Crippen LogP contribution in [0.2, 0.25) is 0 Å². The van der Waals surface area contributed by atoms with Crippen molar-refractivity contribution in [3.8, 4) is 5.75 Å². The van der Waals surface area contributed by atoms with Gasteiger partial charge >= 0.3 is 0 Å². The molecule has 1 aromatic carbocycles. The maximum Gasteiger partial charge on any atom is 0.169 e. The molecular weight excluding hydrogens is 368 g/mol. The molecule has 2 aromatic rings. The molecule has 0 spiro atoms. The van der Waals surface area contributed by atoms with Gasteiger partial charge in [-0.3, -0.25) is 0 Å². The molecule has 3 nitrogen and oxygen atoms in total. The summed E-state index contributed by atoms with van der Waals surface area (Å²) in [5.74, 6) is 2.50. The molecule has 0 atom stereocenters. The van der Waals surface area contributed by atoms with Crippen LogP contribution in [0.25, 0.3) is 5.76 Å². The van der Waals surface area contributed by atoms with Gasteiger partial charge in [0.15, 0.2) is 5.76 Å². The van der Waals surface area contributed by atoms with Crippen LogP contribution >= 0.6 is 11.3 Å². The SMILES string of the molecule is CCOc1ccc(C2=COC=C(CC3=CC=CCC3)O2)cc1Cc1cccs1. The van der Waals surface area contributed by atoms with Crippen LogP contribution in [0.3, 0.4) is 0 Å². The molecule has 144 valence electrons. The van der Waals surface area contributed by atoms with E-state index < -0.39 is 0 Å². The monoisotopic (exact) mass is 392 g/mol. The van der Waals surface area contributed by atoms with E-state index in [1.165, 1.54) is 10.5 Å². The van der Waals surface area contributed by atoms with Gasteiger partial charge < -0.3 is 14.2 Å². The summed E-state index contributed by atoms with van der Waals surface area (Å²) in [5.41, 5.74) is 3.52. The minimum absolute atomic E-state index is 0.648. The average molecular weight is 393 g/mol. The molecule has 1 aliphatic carbocycles. The number of allylic oxidation sites excluding steroid dienone is 4. The molecule has 0 radical (unpaired) electrons. The fourth-order valence-electron chi connectivity index (χ4n) is 3.36. The van der Waals surface area contributed by atoms with Crippen molar-refractivity contribution in [1.82, 2.24) is 0 Å². The van der Waals surface area contributed by atoms with Crippen molar-refractivity contribution in [3.63, 3.8) is 0 Å². The molecule has 0 bridgehead atoms. The van der Waals surface area contributed by atoms with Crippen molar-refractivity contribution in [2.24, 2.45) is 0 Å². The minimum Gasteiger partial charge on any atom is -0.494 e. The highest BCUT2D eigenvalue weighted by Gasteiger charge is 2.16. The Bertz CT molecular complexity index is 933. The van der Waals surface area contributed by atoms with Crippen LogP contribution in [0.5, 0.6) is 5.75 Å². The zero-order valence-electron chi connectivity index (χ0n) is 16.0. The summed E-state index contributed by atoms with van der Waals surface area (Å²) in [6.45, 7) is 2.66. The molecular formula is C24H24O3S. The van der Waals surface area contributed by atoms with E-state index in [2.05, 4.69) is 41.8 Å². The van der Waals surface area contributed by atoms with Crippen LogP contribution in [0.15, 0.2) is 77.8 Å². The standard InChI is InChI=1S/C24H24O3S/c1-2-26-23-11-10-19(14-20(23)15-22-9-6-12-28-22)24-17-25-16-21(27-24)13-18-7-4-3-5-8-18/h3-4,6-7,9-12,14,16-17H,2,5,8,13,15H2,1H3. The quantitative estimate of drug-likeness (QED) is 0.532. The molecule has 0 N–H and O–H groups in total. The van der Waals surface area contributed by atoms with Crippen molar-refractivity contribution in [2.75, 3.05) is 6.61 Å². The number of rotatable bonds is 7. The van der Waals surface area contributed by atoms with Gasteiger partial charge in [-0.2, -0.15) is 0 Å². The predicted octanol–water partition coefficient (Wildman–Crippen LogP) is 6.59. The molecule has 0 unspecified atom stereocenters. The lowest BCUT2D eigenvalue weighted by molar-refractivity contribution is 0.273. The van der Waals surface area contributed by atoms with E-state index in [4.69, 9.17) is 14.2 Å². The number of ether oxygens (including phenoxy) is 3.